The van der Waals surface area contributed by atoms with Crippen molar-refractivity contribution in [3.63, 3.8) is 0 Å². The third kappa shape index (κ3) is 3.90. The highest BCUT2D eigenvalue weighted by atomic mass is 16.5. The minimum Gasteiger partial charge on any atom is -0.497 e. The zero-order valence-electron chi connectivity index (χ0n) is 17.3. The lowest BCUT2D eigenvalue weighted by Gasteiger charge is -2.34. The van der Waals surface area contributed by atoms with Crippen LogP contribution < -0.4 is 4.74 Å². The number of likely N-dealkylation sites (N-methyl/N-ethyl adjacent to an activating group) is 1. The molecule has 5 heteroatoms. The Bertz CT molecular complexity index is 815. The van der Waals surface area contributed by atoms with E-state index < -0.39 is 0 Å². The fraction of sp³-hybridized carbons (Fsp3) is 0.609. The third-order valence-electron chi connectivity index (χ3n) is 6.61. The van der Waals surface area contributed by atoms with Crippen molar-refractivity contribution in [2.75, 3.05) is 39.8 Å². The number of carbonyl (C=O) groups excluding carboxylic acids is 1. The Morgan fingerprint density at radius 1 is 1.11 bits per heavy atom. The highest BCUT2D eigenvalue weighted by Gasteiger charge is 2.25. The van der Waals surface area contributed by atoms with E-state index in [4.69, 9.17) is 4.74 Å². The van der Waals surface area contributed by atoms with E-state index in [1.54, 1.807) is 7.11 Å². The van der Waals surface area contributed by atoms with Crippen molar-refractivity contribution in [1.29, 1.82) is 0 Å². The van der Waals surface area contributed by atoms with Crippen LogP contribution in [0.5, 0.6) is 5.75 Å². The molecule has 1 aliphatic heterocycles. The topological polar surface area (TPSA) is 37.7 Å². The summed E-state index contributed by atoms with van der Waals surface area (Å²) in [5.74, 6) is 1.74. The van der Waals surface area contributed by atoms with E-state index in [1.807, 2.05) is 11.0 Å². The van der Waals surface area contributed by atoms with Crippen LogP contribution in [0, 0.1) is 5.92 Å². The van der Waals surface area contributed by atoms with Crippen LogP contribution in [0.2, 0.25) is 0 Å². The average molecular weight is 384 g/mol. The number of methoxy groups -OCH3 is 1. The van der Waals surface area contributed by atoms with Gasteiger partial charge in [-0.25, -0.2) is 0 Å². The fourth-order valence-electron chi connectivity index (χ4n) is 4.81. The molecule has 1 amide bonds. The van der Waals surface area contributed by atoms with Crippen molar-refractivity contribution in [2.24, 2.45) is 5.92 Å². The van der Waals surface area contributed by atoms with E-state index in [2.05, 4.69) is 34.7 Å². The van der Waals surface area contributed by atoms with Gasteiger partial charge in [-0.1, -0.05) is 26.2 Å². The zero-order valence-corrected chi connectivity index (χ0v) is 17.3. The number of benzene rings is 1. The second kappa shape index (κ2) is 8.56. The molecule has 1 saturated carbocycles. The number of carbonyl (C=O) groups is 1. The largest absolute Gasteiger partial charge is 0.497 e. The van der Waals surface area contributed by atoms with Gasteiger partial charge in [-0.3, -0.25) is 4.79 Å². The minimum absolute atomic E-state index is 0.174. The molecule has 2 aromatic rings. The van der Waals surface area contributed by atoms with Crippen LogP contribution in [0.15, 0.2) is 24.4 Å². The Morgan fingerprint density at radius 2 is 1.86 bits per heavy atom. The van der Waals surface area contributed by atoms with Crippen LogP contribution in [-0.4, -0.2) is 60.1 Å². The molecule has 1 aromatic carbocycles. The van der Waals surface area contributed by atoms with E-state index >= 15 is 0 Å². The molecule has 2 fully saturated rings. The molecule has 0 bridgehead atoms. The lowest BCUT2D eigenvalue weighted by atomic mass is 9.89. The van der Waals surface area contributed by atoms with Gasteiger partial charge in [-0.05, 0) is 37.4 Å². The summed E-state index contributed by atoms with van der Waals surface area (Å²) >= 11 is 0. The molecule has 1 aliphatic carbocycles. The third-order valence-corrected chi connectivity index (χ3v) is 6.61. The van der Waals surface area contributed by atoms with Crippen molar-refractivity contribution in [3.05, 3.63) is 30.0 Å². The predicted molar refractivity (Wildman–Crippen MR) is 113 cm³/mol. The van der Waals surface area contributed by atoms with E-state index in [-0.39, 0.29) is 5.91 Å². The fourth-order valence-corrected chi connectivity index (χ4v) is 4.81. The normalized spacial score (nSPS) is 19.3. The first-order valence-corrected chi connectivity index (χ1v) is 10.9. The summed E-state index contributed by atoms with van der Waals surface area (Å²) in [4.78, 5) is 17.8. The number of fused-ring (bicyclic) bond motifs is 1. The number of hydrogen-bond donors (Lipinski definition) is 0. The van der Waals surface area contributed by atoms with Crippen molar-refractivity contribution >= 4 is 16.8 Å². The maximum atomic E-state index is 13.3. The average Bonchev–Trinajstić information content (AvgIpc) is 3.11. The zero-order chi connectivity index (χ0) is 19.5. The molecule has 0 radical (unpaired) electrons. The Kier molecular flexibility index (Phi) is 5.90. The number of nitrogens with zero attached hydrogens (tertiary/aromatic N) is 3. The quantitative estimate of drug-likeness (QED) is 0.783. The van der Waals surface area contributed by atoms with Gasteiger partial charge in [-0.2, -0.15) is 0 Å². The Morgan fingerprint density at radius 3 is 2.54 bits per heavy atom. The summed E-state index contributed by atoms with van der Waals surface area (Å²) in [6, 6.07) is 6.12. The molecule has 1 saturated heterocycles. The number of rotatable bonds is 5. The molecular formula is C23H33N3O2. The molecule has 0 unspecified atom stereocenters. The van der Waals surface area contributed by atoms with E-state index in [0.717, 1.165) is 61.5 Å². The Labute approximate surface area is 168 Å². The van der Waals surface area contributed by atoms with E-state index in [0.29, 0.717) is 5.92 Å². The summed E-state index contributed by atoms with van der Waals surface area (Å²) < 4.78 is 7.77. The SMILES string of the molecule is CCN1CCN(C(=O)c2cn(CC3CCCCC3)c3cc(OC)ccc23)CC1. The van der Waals surface area contributed by atoms with Crippen molar-refractivity contribution < 1.29 is 9.53 Å². The summed E-state index contributed by atoms with van der Waals surface area (Å²) in [6.07, 6.45) is 8.73. The number of ether oxygens (including phenoxy) is 1. The Balaban J connectivity index is 1.63. The number of piperazine rings is 1. The first kappa shape index (κ1) is 19.3. The van der Waals surface area contributed by atoms with Gasteiger partial charge >= 0.3 is 0 Å². The molecule has 0 atom stereocenters. The summed E-state index contributed by atoms with van der Waals surface area (Å²) in [6.45, 7) is 7.82. The van der Waals surface area contributed by atoms with Crippen molar-refractivity contribution in [1.82, 2.24) is 14.4 Å². The van der Waals surface area contributed by atoms with Crippen LogP contribution >= 0.6 is 0 Å². The molecule has 2 aliphatic rings. The van der Waals surface area contributed by atoms with Crippen LogP contribution in [0.1, 0.15) is 49.4 Å². The molecule has 5 nitrogen and oxygen atoms in total. The molecular weight excluding hydrogens is 350 g/mol. The summed E-state index contributed by atoms with van der Waals surface area (Å²) in [5.41, 5.74) is 1.97. The monoisotopic (exact) mass is 383 g/mol. The molecule has 2 heterocycles. The van der Waals surface area contributed by atoms with Gasteiger partial charge in [0.05, 0.1) is 18.2 Å². The molecule has 1 aromatic heterocycles. The van der Waals surface area contributed by atoms with Gasteiger partial charge in [0.25, 0.3) is 5.91 Å². The maximum absolute atomic E-state index is 13.3. The first-order valence-electron chi connectivity index (χ1n) is 10.9. The maximum Gasteiger partial charge on any atom is 0.256 e. The lowest BCUT2D eigenvalue weighted by molar-refractivity contribution is 0.0645. The number of hydrogen-bond acceptors (Lipinski definition) is 3. The van der Waals surface area contributed by atoms with E-state index in [1.165, 1.54) is 32.1 Å². The highest BCUT2D eigenvalue weighted by molar-refractivity contribution is 6.07. The number of amides is 1. The summed E-state index contributed by atoms with van der Waals surface area (Å²) in [7, 11) is 1.70. The van der Waals surface area contributed by atoms with Crippen LogP contribution in [0.3, 0.4) is 0 Å². The molecule has 4 rings (SSSR count). The second-order valence-corrected chi connectivity index (χ2v) is 8.31. The van der Waals surface area contributed by atoms with Gasteiger partial charge < -0.3 is 19.1 Å². The predicted octanol–water partition coefficient (Wildman–Crippen LogP) is 4.01. The molecule has 0 N–H and O–H groups in total. The van der Waals surface area contributed by atoms with Crippen LogP contribution in [0.25, 0.3) is 10.9 Å². The molecule has 152 valence electrons. The smallest absolute Gasteiger partial charge is 0.256 e. The van der Waals surface area contributed by atoms with Gasteiger partial charge in [0.1, 0.15) is 5.75 Å². The molecule has 28 heavy (non-hydrogen) atoms. The van der Waals surface area contributed by atoms with Gasteiger partial charge in [-0.15, -0.1) is 0 Å². The van der Waals surface area contributed by atoms with E-state index in [9.17, 15) is 4.79 Å². The highest BCUT2D eigenvalue weighted by Crippen LogP contribution is 2.31. The van der Waals surface area contributed by atoms with Crippen LogP contribution in [-0.2, 0) is 6.54 Å². The van der Waals surface area contributed by atoms with Crippen molar-refractivity contribution in [3.8, 4) is 5.75 Å². The number of aromatic nitrogens is 1. The standard InChI is InChI=1S/C23H33N3O2/c1-3-24-11-13-25(14-12-24)23(27)21-17-26(16-18-7-5-4-6-8-18)22-15-19(28-2)9-10-20(21)22/h9-10,15,17-18H,3-8,11-14,16H2,1-2H3. The van der Waals surface area contributed by atoms with Crippen LogP contribution in [0.4, 0.5) is 0 Å². The van der Waals surface area contributed by atoms with Gasteiger partial charge in [0.2, 0.25) is 0 Å². The Hall–Kier alpha value is -2.01. The summed E-state index contributed by atoms with van der Waals surface area (Å²) in [5, 5.41) is 1.06. The minimum atomic E-state index is 0.174. The molecule has 0 spiro atoms. The van der Waals surface area contributed by atoms with Crippen molar-refractivity contribution in [2.45, 2.75) is 45.6 Å². The lowest BCUT2D eigenvalue weighted by Crippen LogP contribution is -2.48. The second-order valence-electron chi connectivity index (χ2n) is 8.31. The van der Waals surface area contributed by atoms with Gasteiger partial charge in [0, 0.05) is 50.4 Å². The van der Waals surface area contributed by atoms with Gasteiger partial charge in [0.15, 0.2) is 0 Å². The first-order chi connectivity index (χ1) is 13.7.